The summed E-state index contributed by atoms with van der Waals surface area (Å²) in [4.78, 5) is 0. The van der Waals surface area contributed by atoms with Crippen LogP contribution in [0.2, 0.25) is 0 Å². The minimum atomic E-state index is 0.417. The Morgan fingerprint density at radius 1 is 1.35 bits per heavy atom. The summed E-state index contributed by atoms with van der Waals surface area (Å²) in [5.41, 5.74) is 3.34. The Bertz CT molecular complexity index is 366. The van der Waals surface area contributed by atoms with Crippen LogP contribution in [0.3, 0.4) is 0 Å². The van der Waals surface area contributed by atoms with Gasteiger partial charge in [0.15, 0.2) is 0 Å². The molecule has 1 heteroatoms. The van der Waals surface area contributed by atoms with E-state index in [1.54, 1.807) is 5.56 Å². The van der Waals surface area contributed by atoms with Crippen molar-refractivity contribution >= 4 is 0 Å². The third-order valence-corrected chi connectivity index (χ3v) is 4.08. The molecule has 0 saturated carbocycles. The van der Waals surface area contributed by atoms with Crippen molar-refractivity contribution in [2.45, 2.75) is 45.4 Å². The summed E-state index contributed by atoms with van der Waals surface area (Å²) < 4.78 is 0. The van der Waals surface area contributed by atoms with Crippen molar-refractivity contribution in [1.82, 2.24) is 5.32 Å². The Morgan fingerprint density at radius 3 is 2.65 bits per heavy atom. The van der Waals surface area contributed by atoms with Crippen molar-refractivity contribution in [3.05, 3.63) is 35.4 Å². The van der Waals surface area contributed by atoms with Crippen LogP contribution in [0.25, 0.3) is 0 Å². The molecule has 0 aliphatic carbocycles. The Balaban J connectivity index is 2.14. The molecule has 0 aromatic heterocycles. The zero-order valence-corrected chi connectivity index (χ0v) is 11.4. The molecule has 1 unspecified atom stereocenters. The lowest BCUT2D eigenvalue weighted by Crippen LogP contribution is -2.57. The van der Waals surface area contributed by atoms with Crippen LogP contribution < -0.4 is 5.32 Å². The van der Waals surface area contributed by atoms with E-state index in [1.165, 1.54) is 24.8 Å². The van der Waals surface area contributed by atoms with E-state index >= 15 is 0 Å². The number of hydrogen-bond donors (Lipinski definition) is 1. The van der Waals surface area contributed by atoms with Gasteiger partial charge in [-0.25, -0.2) is 0 Å². The molecular formula is C16H25N. The first-order valence-corrected chi connectivity index (χ1v) is 6.94. The quantitative estimate of drug-likeness (QED) is 0.815. The molecule has 0 bridgehead atoms. The monoisotopic (exact) mass is 231 g/mol. The first kappa shape index (κ1) is 12.6. The Morgan fingerprint density at radius 2 is 2.12 bits per heavy atom. The molecule has 1 aromatic rings. The molecule has 1 nitrogen and oxygen atoms in total. The highest BCUT2D eigenvalue weighted by molar-refractivity contribution is 5.33. The summed E-state index contributed by atoms with van der Waals surface area (Å²) in [6, 6.07) is 9.08. The Kier molecular flexibility index (Phi) is 3.88. The molecule has 17 heavy (non-hydrogen) atoms. The lowest BCUT2D eigenvalue weighted by molar-refractivity contribution is 0.218. The third-order valence-electron chi connectivity index (χ3n) is 4.08. The lowest BCUT2D eigenvalue weighted by Gasteiger charge is -2.45. The van der Waals surface area contributed by atoms with Gasteiger partial charge in [0.25, 0.3) is 0 Å². The average molecular weight is 231 g/mol. The number of hydrogen-bond acceptors (Lipinski definition) is 1. The van der Waals surface area contributed by atoms with Gasteiger partial charge in [-0.3, -0.25) is 0 Å². The molecule has 0 radical (unpaired) electrons. The van der Waals surface area contributed by atoms with Crippen molar-refractivity contribution < 1.29 is 0 Å². The van der Waals surface area contributed by atoms with Gasteiger partial charge < -0.3 is 5.32 Å². The molecule has 1 atom stereocenters. The second-order valence-corrected chi connectivity index (χ2v) is 5.85. The molecule has 1 aliphatic heterocycles. The van der Waals surface area contributed by atoms with E-state index in [-0.39, 0.29) is 0 Å². The molecule has 1 aromatic carbocycles. The van der Waals surface area contributed by atoms with Crippen LogP contribution in [-0.4, -0.2) is 13.1 Å². The van der Waals surface area contributed by atoms with Gasteiger partial charge in [-0.1, -0.05) is 56.5 Å². The molecule has 94 valence electrons. The summed E-state index contributed by atoms with van der Waals surface area (Å²) in [6.07, 6.45) is 3.99. The van der Waals surface area contributed by atoms with E-state index in [2.05, 4.69) is 50.4 Å². The Labute approximate surface area is 106 Å². The van der Waals surface area contributed by atoms with Crippen LogP contribution in [0.4, 0.5) is 0 Å². The Hall–Kier alpha value is -0.820. The van der Waals surface area contributed by atoms with Crippen LogP contribution in [0.5, 0.6) is 0 Å². The molecule has 1 saturated heterocycles. The van der Waals surface area contributed by atoms with E-state index in [4.69, 9.17) is 0 Å². The van der Waals surface area contributed by atoms with E-state index in [9.17, 15) is 0 Å². The van der Waals surface area contributed by atoms with Gasteiger partial charge >= 0.3 is 0 Å². The number of benzene rings is 1. The minimum Gasteiger partial charge on any atom is -0.315 e. The fourth-order valence-corrected chi connectivity index (χ4v) is 3.13. The zero-order chi connectivity index (χ0) is 12.3. The predicted molar refractivity (Wildman–Crippen MR) is 74.4 cm³/mol. The summed E-state index contributed by atoms with van der Waals surface area (Å²) in [5, 5.41) is 3.47. The first-order chi connectivity index (χ1) is 8.16. The first-order valence-electron chi connectivity index (χ1n) is 6.94. The standard InChI is InChI=1S/C16H25N/c1-4-6-14(3)10-16(11-17-12-16)15-8-5-7-13(2)9-15/h5,7-9,14,17H,4,6,10-12H2,1-3H3. The van der Waals surface area contributed by atoms with Crippen molar-refractivity contribution in [3.63, 3.8) is 0 Å². The van der Waals surface area contributed by atoms with Crippen LogP contribution in [0.15, 0.2) is 24.3 Å². The number of rotatable bonds is 5. The van der Waals surface area contributed by atoms with Gasteiger partial charge in [0.1, 0.15) is 0 Å². The molecule has 1 N–H and O–H groups in total. The molecule has 1 heterocycles. The van der Waals surface area contributed by atoms with Crippen LogP contribution in [0.1, 0.15) is 44.2 Å². The topological polar surface area (TPSA) is 12.0 Å². The molecule has 0 amide bonds. The molecule has 1 fully saturated rings. The molecule has 2 rings (SSSR count). The minimum absolute atomic E-state index is 0.417. The molecular weight excluding hydrogens is 206 g/mol. The van der Waals surface area contributed by atoms with E-state index < -0.39 is 0 Å². The van der Waals surface area contributed by atoms with E-state index in [0.717, 1.165) is 19.0 Å². The van der Waals surface area contributed by atoms with Crippen molar-refractivity contribution in [1.29, 1.82) is 0 Å². The number of aryl methyl sites for hydroxylation is 1. The molecule has 0 spiro atoms. The van der Waals surface area contributed by atoms with Crippen LogP contribution in [0, 0.1) is 12.8 Å². The smallest absolute Gasteiger partial charge is 0.0205 e. The number of nitrogens with one attached hydrogen (secondary N) is 1. The van der Waals surface area contributed by atoms with Gasteiger partial charge in [0, 0.05) is 18.5 Å². The van der Waals surface area contributed by atoms with Gasteiger partial charge in [0.05, 0.1) is 0 Å². The highest BCUT2D eigenvalue weighted by Crippen LogP contribution is 2.36. The van der Waals surface area contributed by atoms with Gasteiger partial charge in [0.2, 0.25) is 0 Å². The summed E-state index contributed by atoms with van der Waals surface area (Å²) in [6.45, 7) is 9.20. The summed E-state index contributed by atoms with van der Waals surface area (Å²) >= 11 is 0. The summed E-state index contributed by atoms with van der Waals surface area (Å²) in [5.74, 6) is 0.836. The van der Waals surface area contributed by atoms with Gasteiger partial charge in [-0.15, -0.1) is 0 Å². The van der Waals surface area contributed by atoms with Crippen LogP contribution >= 0.6 is 0 Å². The van der Waals surface area contributed by atoms with Crippen molar-refractivity contribution in [3.8, 4) is 0 Å². The maximum absolute atomic E-state index is 3.47. The maximum Gasteiger partial charge on any atom is 0.0205 e. The highest BCUT2D eigenvalue weighted by Gasteiger charge is 2.39. The fourth-order valence-electron chi connectivity index (χ4n) is 3.13. The normalized spacial score (nSPS) is 19.7. The van der Waals surface area contributed by atoms with Crippen LogP contribution in [-0.2, 0) is 5.41 Å². The third kappa shape index (κ3) is 2.71. The van der Waals surface area contributed by atoms with Gasteiger partial charge in [-0.2, -0.15) is 0 Å². The highest BCUT2D eigenvalue weighted by atomic mass is 15.0. The second kappa shape index (κ2) is 5.22. The van der Waals surface area contributed by atoms with Crippen molar-refractivity contribution in [2.24, 2.45) is 5.92 Å². The largest absolute Gasteiger partial charge is 0.315 e. The van der Waals surface area contributed by atoms with E-state index in [0.29, 0.717) is 5.41 Å². The average Bonchev–Trinajstić information content (AvgIpc) is 2.24. The SMILES string of the molecule is CCCC(C)CC1(c2cccc(C)c2)CNC1. The molecule has 1 aliphatic rings. The fraction of sp³-hybridized carbons (Fsp3) is 0.625. The predicted octanol–water partition coefficient (Wildman–Crippen LogP) is 3.66. The van der Waals surface area contributed by atoms with E-state index in [1.807, 2.05) is 0 Å². The summed E-state index contributed by atoms with van der Waals surface area (Å²) in [7, 11) is 0. The second-order valence-electron chi connectivity index (χ2n) is 5.85. The van der Waals surface area contributed by atoms with Gasteiger partial charge in [-0.05, 0) is 24.8 Å². The maximum atomic E-state index is 3.47. The van der Waals surface area contributed by atoms with Crippen molar-refractivity contribution in [2.75, 3.05) is 13.1 Å². The zero-order valence-electron chi connectivity index (χ0n) is 11.4. The lowest BCUT2D eigenvalue weighted by atomic mass is 9.69.